The van der Waals surface area contributed by atoms with Crippen molar-refractivity contribution in [2.24, 2.45) is 0 Å². The fraction of sp³-hybridized carbons (Fsp3) is 1.00. The average Bonchev–Trinajstić information content (AvgIpc) is 3.08. The Morgan fingerprint density at radius 2 is 0.508 bits per heavy atom. The summed E-state index contributed by atoms with van der Waals surface area (Å²) in [5.74, 6) is -165. The van der Waals surface area contributed by atoms with Gasteiger partial charge < -0.3 is 0 Å². The van der Waals surface area contributed by atoms with Gasteiger partial charge in [0.15, 0.2) is 0 Å². The van der Waals surface area contributed by atoms with Gasteiger partial charge in [0.1, 0.15) is 6.10 Å². The van der Waals surface area contributed by atoms with Crippen LogP contribution in [0, 0.1) is 0 Å². The van der Waals surface area contributed by atoms with Gasteiger partial charge in [-0.1, -0.05) is 0 Å². The molecule has 0 saturated heterocycles. The van der Waals surface area contributed by atoms with E-state index in [1.807, 2.05) is 0 Å². The second kappa shape index (κ2) is 16.5. The Labute approximate surface area is 335 Å². The number of rotatable bonds is 23. The van der Waals surface area contributed by atoms with Crippen LogP contribution in [0.1, 0.15) is 20.8 Å². The number of alkyl halides is 35. The summed E-state index contributed by atoms with van der Waals surface area (Å²) in [7, 11) is -6.88. The van der Waals surface area contributed by atoms with Crippen LogP contribution in [0.5, 0.6) is 0 Å². The van der Waals surface area contributed by atoms with Crippen molar-refractivity contribution in [3.63, 3.8) is 0 Å². The molecule has 0 bridgehead atoms. The van der Waals surface area contributed by atoms with E-state index in [4.69, 9.17) is 0 Å². The van der Waals surface area contributed by atoms with Gasteiger partial charge in [0.2, 0.25) is 5.50 Å². The molecule has 0 saturated carbocycles. The zero-order valence-electron chi connectivity index (χ0n) is 29.3. The Balaban J connectivity index is 7.82. The van der Waals surface area contributed by atoms with Crippen LogP contribution in [0.15, 0.2) is 0 Å². The third kappa shape index (κ3) is 8.07. The lowest BCUT2D eigenvalue weighted by Crippen LogP contribution is -2.80. The van der Waals surface area contributed by atoms with Gasteiger partial charge in [0.25, 0.3) is 0 Å². The molecule has 0 aliphatic carbocycles. The monoisotopic (exact) mass is 1100 g/mol. The van der Waals surface area contributed by atoms with Gasteiger partial charge in [0, 0.05) is 0 Å². The zero-order chi connectivity index (χ0) is 53.9. The van der Waals surface area contributed by atoms with Crippen molar-refractivity contribution in [1.29, 1.82) is 0 Å². The minimum absolute atomic E-state index is 0.551. The van der Waals surface area contributed by atoms with Gasteiger partial charge in [-0.05, 0) is 20.8 Å². The molecule has 42 heteroatoms. The summed E-state index contributed by atoms with van der Waals surface area (Å²) < 4.78 is 531. The molecule has 392 valence electrons. The number of hydrogen-bond donors (Lipinski definition) is 0. The first kappa shape index (κ1) is 62.9. The third-order valence-corrected chi connectivity index (χ3v) is 9.55. The molecule has 0 amide bonds. The Kier molecular flexibility index (Phi) is 16.0. The quantitative estimate of drug-likeness (QED) is 0.0755. The average molecular weight is 1100 g/mol. The van der Waals surface area contributed by atoms with Crippen LogP contribution in [-0.2, 0) is 13.6 Å². The minimum atomic E-state index is -10.4. The standard InChI is InChI=1S/C23H12F37O3PS/c1-4(2)62-64(59,61)63-5(3)7(25,26)9(29,30)11(33,34)13(37,38)15(41,42)17(45,46)19(49,50)21(53,54)23(57,58)22(55,56)20(51,52)18(47,48)16(43,44)14(39,40)12(35,36)10(31,32)8(27,28)6(24)65-60/h4-6H,1-3H3. The van der Waals surface area contributed by atoms with Crippen LogP contribution < -0.4 is 0 Å². The Morgan fingerprint density at radius 3 is 0.677 bits per heavy atom. The van der Waals surface area contributed by atoms with E-state index in [1.54, 1.807) is 0 Å². The maximum absolute atomic E-state index is 14.2. The van der Waals surface area contributed by atoms with Gasteiger partial charge >= 0.3 is 109 Å². The highest BCUT2D eigenvalue weighted by atomic mass is 32.2. The van der Waals surface area contributed by atoms with Crippen LogP contribution in [0.25, 0.3) is 0 Å². The Bertz CT molecular complexity index is 1740. The molecule has 0 N–H and O–H groups in total. The van der Waals surface area contributed by atoms with Crippen LogP contribution in [0.3, 0.4) is 0 Å². The van der Waals surface area contributed by atoms with Crippen molar-refractivity contribution in [3.05, 3.63) is 0 Å². The van der Waals surface area contributed by atoms with Crippen LogP contribution in [0.4, 0.5) is 162 Å². The van der Waals surface area contributed by atoms with Crippen molar-refractivity contribution in [2.45, 2.75) is 139 Å². The normalized spacial score (nSPS) is 18.5. The Hall–Kier alpha value is -2.09. The first-order valence-corrected chi connectivity index (χ1v) is 16.7. The smallest absolute Gasteiger partial charge is 0.281 e. The summed E-state index contributed by atoms with van der Waals surface area (Å²) in [4.78, 5) is 0. The molecule has 3 unspecified atom stereocenters. The van der Waals surface area contributed by atoms with Gasteiger partial charge in [-0.3, -0.25) is 9.05 Å². The topological polar surface area (TPSA) is 35.5 Å². The van der Waals surface area contributed by atoms with Gasteiger partial charge in [-0.25, -0.2) is 8.96 Å². The fourth-order valence-electron chi connectivity index (χ4n) is 3.97. The second-order valence-corrected chi connectivity index (χ2v) is 14.5. The van der Waals surface area contributed by atoms with Crippen molar-refractivity contribution < 1.29 is 175 Å². The Morgan fingerprint density at radius 1 is 0.338 bits per heavy atom. The molecule has 0 rings (SSSR count). The van der Waals surface area contributed by atoms with Crippen LogP contribution in [0.2, 0.25) is 0 Å². The summed E-state index contributed by atoms with van der Waals surface area (Å²) in [6.07, 6.45) is -6.73. The molecule has 0 aliphatic heterocycles. The lowest BCUT2D eigenvalue weighted by atomic mass is 9.82. The predicted molar refractivity (Wildman–Crippen MR) is 133 cm³/mol. The second-order valence-electron chi connectivity index (χ2n) is 12.6. The molecule has 0 aromatic carbocycles. The summed E-state index contributed by atoms with van der Waals surface area (Å²) in [5.41, 5.74) is -5.77. The van der Waals surface area contributed by atoms with Gasteiger partial charge in [0.05, 0.1) is 18.3 Å². The summed E-state index contributed by atoms with van der Waals surface area (Å²) in [5, 5.41) is 0. The lowest BCUT2D eigenvalue weighted by molar-refractivity contribution is -0.491. The summed E-state index contributed by atoms with van der Waals surface area (Å²) in [6.45, 7) is 0.109. The van der Waals surface area contributed by atoms with Gasteiger partial charge in [-0.2, -0.15) is 153 Å². The molecule has 3 nitrogen and oxygen atoms in total. The van der Waals surface area contributed by atoms with Crippen molar-refractivity contribution >= 4 is 20.1 Å². The molecule has 0 aliphatic rings. The number of halogens is 37. The fourth-order valence-corrected chi connectivity index (χ4v) is 5.29. The molecule has 0 fully saturated rings. The first-order valence-electron chi connectivity index (χ1n) is 14.5. The largest absolute Gasteiger partial charge is 0.513 e. The number of hydrogen-bond acceptors (Lipinski definition) is 4. The highest BCUT2D eigenvalue weighted by molar-refractivity contribution is 7.94. The van der Waals surface area contributed by atoms with E-state index in [2.05, 4.69) is 9.05 Å². The van der Waals surface area contributed by atoms with E-state index >= 15 is 0 Å². The predicted octanol–water partition coefficient (Wildman–Crippen LogP) is 14.6. The highest BCUT2D eigenvalue weighted by Crippen LogP contribution is 2.71. The highest BCUT2D eigenvalue weighted by Gasteiger charge is 3.02. The van der Waals surface area contributed by atoms with Crippen LogP contribution >= 0.6 is 20.1 Å². The van der Waals surface area contributed by atoms with E-state index in [9.17, 15) is 166 Å². The molecular formula is C23H12F37O3PS. The van der Waals surface area contributed by atoms with E-state index in [0.717, 1.165) is 0 Å². The van der Waals surface area contributed by atoms with E-state index < -0.39 is 145 Å². The zero-order valence-corrected chi connectivity index (χ0v) is 31.0. The SMILES string of the molecule is CC(C)OP(=O)(F)OC(C)C(F)(F)C(F)(F)C(F)(F)C(F)(F)C(F)(F)C(F)(F)C(F)(F)C(F)(F)C(F)(F)C(F)(F)C(F)(F)C(F)(F)C(F)(F)C(F)(F)C(F)(F)C(F)(F)C(F)(F)C(F)SF. The molecule has 3 atom stereocenters. The van der Waals surface area contributed by atoms with Gasteiger partial charge in [-0.15, -0.1) is 4.20 Å². The van der Waals surface area contributed by atoms with Crippen LogP contribution in [-0.4, -0.2) is 118 Å². The lowest BCUT2D eigenvalue weighted by Gasteiger charge is -2.47. The minimum Gasteiger partial charge on any atom is -0.281 e. The molecule has 65 heavy (non-hydrogen) atoms. The molecule has 0 spiro atoms. The maximum Gasteiger partial charge on any atom is 0.513 e. The van der Waals surface area contributed by atoms with E-state index in [0.29, 0.717) is 13.8 Å². The molecule has 0 radical (unpaired) electrons. The third-order valence-electron chi connectivity index (χ3n) is 7.85. The van der Waals surface area contributed by atoms with Crippen molar-refractivity contribution in [3.8, 4) is 0 Å². The maximum atomic E-state index is 14.2. The van der Waals surface area contributed by atoms with Crippen molar-refractivity contribution in [1.82, 2.24) is 0 Å². The summed E-state index contributed by atoms with van der Waals surface area (Å²) in [6, 6.07) is 0. The van der Waals surface area contributed by atoms with Crippen molar-refractivity contribution in [2.75, 3.05) is 0 Å². The first-order chi connectivity index (χ1) is 27.5. The molecule has 0 aromatic rings. The summed E-state index contributed by atoms with van der Waals surface area (Å²) >= 11 is -2.99. The molecule has 0 aromatic heterocycles. The van der Waals surface area contributed by atoms with E-state index in [1.165, 1.54) is 0 Å². The molecular weight excluding hydrogens is 1090 g/mol. The molecule has 0 heterocycles. The van der Waals surface area contributed by atoms with E-state index in [-0.39, 0.29) is 0 Å².